The topological polar surface area (TPSA) is 81.8 Å². The summed E-state index contributed by atoms with van der Waals surface area (Å²) in [4.78, 5) is 39.1. The molecule has 5 amide bonds. The molecule has 3 rings (SSSR count). The van der Waals surface area contributed by atoms with Gasteiger partial charge in [-0.1, -0.05) is 35.3 Å². The van der Waals surface area contributed by atoms with E-state index in [4.69, 9.17) is 23.2 Å². The maximum absolute atomic E-state index is 12.5. The highest BCUT2D eigenvalue weighted by atomic mass is 35.5. The van der Waals surface area contributed by atoms with Gasteiger partial charge in [0, 0.05) is 13.6 Å². The van der Waals surface area contributed by atoms with Gasteiger partial charge in [-0.3, -0.25) is 9.69 Å². The molecule has 0 aliphatic carbocycles. The Morgan fingerprint density at radius 1 is 1.36 bits per heavy atom. The van der Waals surface area contributed by atoms with E-state index in [0.29, 0.717) is 28.6 Å². The van der Waals surface area contributed by atoms with E-state index in [2.05, 4.69) is 10.6 Å². The van der Waals surface area contributed by atoms with Gasteiger partial charge in [0.1, 0.15) is 5.54 Å². The summed E-state index contributed by atoms with van der Waals surface area (Å²) in [5, 5.41) is 6.37. The number of hydrogen-bond donors (Lipinski definition) is 2. The highest BCUT2D eigenvalue weighted by Gasteiger charge is 2.54. The molecule has 2 fully saturated rings. The van der Waals surface area contributed by atoms with Crippen LogP contribution < -0.4 is 10.6 Å². The number of nitrogens with zero attached hydrogens (tertiary/aromatic N) is 2. The second kappa shape index (κ2) is 6.38. The molecule has 2 N–H and O–H groups in total. The summed E-state index contributed by atoms with van der Waals surface area (Å²) < 4.78 is 0. The van der Waals surface area contributed by atoms with Crippen LogP contribution in [0.15, 0.2) is 18.2 Å². The Labute approximate surface area is 155 Å². The SMILES string of the molecule is C[C@H](NC(=O)N1CC[C@@]2(C1)NC(=O)N(C)C2=O)c1cccc(Cl)c1Cl. The number of urea groups is 2. The third kappa shape index (κ3) is 3.02. The van der Waals surface area contributed by atoms with Crippen LogP contribution in [0.5, 0.6) is 0 Å². The van der Waals surface area contributed by atoms with Crippen LogP contribution in [-0.2, 0) is 4.79 Å². The molecule has 0 saturated carbocycles. The van der Waals surface area contributed by atoms with Crippen LogP contribution in [0, 0.1) is 0 Å². The Kier molecular flexibility index (Phi) is 4.55. The monoisotopic (exact) mass is 384 g/mol. The minimum atomic E-state index is -1.01. The zero-order chi connectivity index (χ0) is 18.4. The number of imide groups is 1. The Hall–Kier alpha value is -1.99. The van der Waals surface area contributed by atoms with E-state index in [1.54, 1.807) is 25.1 Å². The summed E-state index contributed by atoms with van der Waals surface area (Å²) in [5.74, 6) is -0.307. The summed E-state index contributed by atoms with van der Waals surface area (Å²) in [6.45, 7) is 2.32. The third-order valence-corrected chi connectivity index (χ3v) is 5.54. The van der Waals surface area contributed by atoms with E-state index in [0.717, 1.165) is 4.90 Å². The molecule has 1 aromatic carbocycles. The van der Waals surface area contributed by atoms with Crippen molar-refractivity contribution in [1.29, 1.82) is 0 Å². The predicted molar refractivity (Wildman–Crippen MR) is 93.6 cm³/mol. The second-order valence-electron chi connectivity index (χ2n) is 6.36. The van der Waals surface area contributed by atoms with Crippen molar-refractivity contribution in [1.82, 2.24) is 20.4 Å². The number of rotatable bonds is 2. The molecule has 134 valence electrons. The van der Waals surface area contributed by atoms with Gasteiger partial charge in [0.05, 0.1) is 22.6 Å². The van der Waals surface area contributed by atoms with E-state index in [-0.39, 0.29) is 24.5 Å². The summed E-state index contributed by atoms with van der Waals surface area (Å²) >= 11 is 12.2. The zero-order valence-electron chi connectivity index (χ0n) is 13.8. The number of benzene rings is 1. The van der Waals surface area contributed by atoms with E-state index in [9.17, 15) is 14.4 Å². The highest BCUT2D eigenvalue weighted by Crippen LogP contribution is 2.31. The highest BCUT2D eigenvalue weighted by molar-refractivity contribution is 6.42. The minimum absolute atomic E-state index is 0.143. The Morgan fingerprint density at radius 3 is 2.72 bits per heavy atom. The number of halogens is 2. The van der Waals surface area contributed by atoms with Crippen LogP contribution in [0.25, 0.3) is 0 Å². The fourth-order valence-corrected chi connectivity index (χ4v) is 3.70. The molecule has 1 spiro atoms. The molecule has 0 unspecified atom stereocenters. The van der Waals surface area contributed by atoms with Gasteiger partial charge in [-0.25, -0.2) is 9.59 Å². The molecule has 2 aliphatic heterocycles. The van der Waals surface area contributed by atoms with Crippen LogP contribution in [-0.4, -0.2) is 53.4 Å². The fraction of sp³-hybridized carbons (Fsp3) is 0.438. The normalized spacial score (nSPS) is 24.0. The van der Waals surface area contributed by atoms with E-state index in [1.807, 2.05) is 0 Å². The van der Waals surface area contributed by atoms with Crippen LogP contribution in [0.4, 0.5) is 9.59 Å². The van der Waals surface area contributed by atoms with E-state index in [1.165, 1.54) is 11.9 Å². The van der Waals surface area contributed by atoms with Crippen molar-refractivity contribution in [3.05, 3.63) is 33.8 Å². The molecule has 0 radical (unpaired) electrons. The maximum Gasteiger partial charge on any atom is 0.324 e. The lowest BCUT2D eigenvalue weighted by Crippen LogP contribution is -2.51. The van der Waals surface area contributed by atoms with Gasteiger partial charge in [0.15, 0.2) is 0 Å². The lowest BCUT2D eigenvalue weighted by atomic mass is 9.99. The summed E-state index contributed by atoms with van der Waals surface area (Å²) in [7, 11) is 1.43. The molecule has 7 nitrogen and oxygen atoms in total. The molecule has 0 aromatic heterocycles. The van der Waals surface area contributed by atoms with Gasteiger partial charge >= 0.3 is 12.1 Å². The smallest absolute Gasteiger partial charge is 0.324 e. The van der Waals surface area contributed by atoms with Crippen LogP contribution >= 0.6 is 23.2 Å². The predicted octanol–water partition coefficient (Wildman–Crippen LogP) is 2.39. The van der Waals surface area contributed by atoms with Crippen molar-refractivity contribution in [2.45, 2.75) is 24.9 Å². The van der Waals surface area contributed by atoms with Gasteiger partial charge in [0.25, 0.3) is 5.91 Å². The lowest BCUT2D eigenvalue weighted by molar-refractivity contribution is -0.129. The standard InChI is InChI=1S/C16H18Cl2N4O3/c1-9(10-4-3-5-11(17)12(10)18)19-14(24)22-7-6-16(8-22)13(23)21(2)15(25)20-16/h3-5,9H,6-8H2,1-2H3,(H,19,24)(H,20,25)/t9-,16-/m0/s1. The number of hydrogen-bond acceptors (Lipinski definition) is 3. The summed E-state index contributed by atoms with van der Waals surface area (Å²) in [6.07, 6.45) is 0.391. The first-order chi connectivity index (χ1) is 11.7. The molecule has 9 heteroatoms. The second-order valence-corrected chi connectivity index (χ2v) is 7.15. The fourth-order valence-electron chi connectivity index (χ4n) is 3.22. The van der Waals surface area contributed by atoms with Crippen molar-refractivity contribution in [3.63, 3.8) is 0 Å². The average Bonchev–Trinajstić information content (AvgIpc) is 3.08. The largest absolute Gasteiger partial charge is 0.331 e. The van der Waals surface area contributed by atoms with Crippen molar-refractivity contribution >= 4 is 41.2 Å². The molecule has 2 saturated heterocycles. The number of amides is 5. The first kappa shape index (κ1) is 17.8. The molecular formula is C16H18Cl2N4O3. The first-order valence-electron chi connectivity index (χ1n) is 7.85. The van der Waals surface area contributed by atoms with Crippen LogP contribution in [0.3, 0.4) is 0 Å². The first-order valence-corrected chi connectivity index (χ1v) is 8.60. The molecule has 25 heavy (non-hydrogen) atoms. The Morgan fingerprint density at radius 2 is 2.08 bits per heavy atom. The summed E-state index contributed by atoms with van der Waals surface area (Å²) in [6, 6.07) is 4.12. The lowest BCUT2D eigenvalue weighted by Gasteiger charge is -2.24. The zero-order valence-corrected chi connectivity index (χ0v) is 15.3. The van der Waals surface area contributed by atoms with Gasteiger partial charge in [0.2, 0.25) is 0 Å². The number of carbonyl (C=O) groups is 3. The van der Waals surface area contributed by atoms with Gasteiger partial charge in [-0.05, 0) is 25.0 Å². The Bertz CT molecular complexity index is 757. The minimum Gasteiger partial charge on any atom is -0.331 e. The van der Waals surface area contributed by atoms with E-state index < -0.39 is 11.6 Å². The van der Waals surface area contributed by atoms with Crippen molar-refractivity contribution in [3.8, 4) is 0 Å². The number of likely N-dealkylation sites (N-methyl/N-ethyl adjacent to an activating group) is 1. The molecule has 2 heterocycles. The van der Waals surface area contributed by atoms with Crippen molar-refractivity contribution in [2.75, 3.05) is 20.1 Å². The third-order valence-electron chi connectivity index (χ3n) is 4.71. The van der Waals surface area contributed by atoms with Gasteiger partial charge < -0.3 is 15.5 Å². The van der Waals surface area contributed by atoms with Gasteiger partial charge in [-0.15, -0.1) is 0 Å². The number of likely N-dealkylation sites (tertiary alicyclic amines) is 1. The molecule has 2 atom stereocenters. The molecule has 1 aromatic rings. The molecule has 2 aliphatic rings. The summed E-state index contributed by atoms with van der Waals surface area (Å²) in [5.41, 5.74) is -0.304. The average molecular weight is 385 g/mol. The van der Waals surface area contributed by atoms with Crippen LogP contribution in [0.1, 0.15) is 24.9 Å². The van der Waals surface area contributed by atoms with Crippen molar-refractivity contribution < 1.29 is 14.4 Å². The van der Waals surface area contributed by atoms with Crippen LogP contribution in [0.2, 0.25) is 10.0 Å². The number of carbonyl (C=O) groups excluding carboxylic acids is 3. The Balaban J connectivity index is 1.68. The maximum atomic E-state index is 12.5. The number of nitrogens with one attached hydrogen (secondary N) is 2. The van der Waals surface area contributed by atoms with Gasteiger partial charge in [-0.2, -0.15) is 0 Å². The molecular weight excluding hydrogens is 367 g/mol. The quantitative estimate of drug-likeness (QED) is 0.767. The molecule has 0 bridgehead atoms. The van der Waals surface area contributed by atoms with E-state index >= 15 is 0 Å². The van der Waals surface area contributed by atoms with Crippen molar-refractivity contribution in [2.24, 2.45) is 0 Å².